The zero-order chi connectivity index (χ0) is 18.4. The van der Waals surface area contributed by atoms with Gasteiger partial charge in [-0.05, 0) is 25.0 Å². The molecule has 1 aromatic carbocycles. The van der Waals surface area contributed by atoms with Gasteiger partial charge in [0.25, 0.3) is 0 Å². The number of hydrogen-bond acceptors (Lipinski definition) is 4. The van der Waals surface area contributed by atoms with Gasteiger partial charge in [-0.15, -0.1) is 6.58 Å². The zero-order valence-corrected chi connectivity index (χ0v) is 16.4. The molecule has 0 spiro atoms. The lowest BCUT2D eigenvalue weighted by molar-refractivity contribution is 0.219. The summed E-state index contributed by atoms with van der Waals surface area (Å²) in [7, 11) is 0. The lowest BCUT2D eigenvalue weighted by Gasteiger charge is -2.39. The number of benzene rings is 1. The van der Waals surface area contributed by atoms with E-state index in [0.29, 0.717) is 0 Å². The largest absolute Gasteiger partial charge is 0.369 e. The molecule has 2 aromatic rings. The minimum Gasteiger partial charge on any atom is -0.369 e. The summed E-state index contributed by atoms with van der Waals surface area (Å²) in [6.07, 6.45) is 6.47. The van der Waals surface area contributed by atoms with Crippen molar-refractivity contribution in [2.24, 2.45) is 0 Å². The van der Waals surface area contributed by atoms with Crippen LogP contribution < -0.4 is 9.77 Å². The van der Waals surface area contributed by atoms with Crippen LogP contribution in [0.2, 0.25) is 0 Å². The monoisotopic (exact) mass is 371 g/mol. The fourth-order valence-electron chi connectivity index (χ4n) is 3.67. The molecule has 5 heteroatoms. The fraction of sp³-hybridized carbons (Fsp3) is 0.476. The average molecular weight is 372 g/mol. The Bertz CT molecular complexity index is 744. The number of nitrogens with zero attached hydrogens (tertiary/aromatic N) is 2. The Hall–Kier alpha value is -1.85. The Morgan fingerprint density at radius 2 is 1.92 bits per heavy atom. The third-order valence-electron chi connectivity index (χ3n) is 5.10. The number of piperazine rings is 1. The van der Waals surface area contributed by atoms with Crippen LogP contribution in [0.3, 0.4) is 0 Å². The molecule has 1 fully saturated rings. The van der Waals surface area contributed by atoms with Gasteiger partial charge in [0.2, 0.25) is 0 Å². The van der Waals surface area contributed by atoms with E-state index in [2.05, 4.69) is 58.6 Å². The van der Waals surface area contributed by atoms with Crippen molar-refractivity contribution in [3.63, 3.8) is 0 Å². The molecular weight excluding hydrogens is 342 g/mol. The number of aromatic nitrogens is 1. The molecule has 0 aliphatic carbocycles. The Kier molecular flexibility index (Phi) is 6.69. The fourth-order valence-corrected chi connectivity index (χ4v) is 4.68. The van der Waals surface area contributed by atoms with E-state index < -0.39 is 0 Å². The summed E-state index contributed by atoms with van der Waals surface area (Å²) in [6, 6.07) is 10.7. The zero-order valence-electron chi connectivity index (χ0n) is 15.6. The second kappa shape index (κ2) is 9.19. The Labute approximate surface area is 160 Å². The third-order valence-corrected chi connectivity index (χ3v) is 6.10. The van der Waals surface area contributed by atoms with Crippen LogP contribution in [-0.2, 0) is 6.42 Å². The highest BCUT2D eigenvalue weighted by Gasteiger charge is 2.26. The van der Waals surface area contributed by atoms with Crippen LogP contribution in [0.25, 0.3) is 0 Å². The summed E-state index contributed by atoms with van der Waals surface area (Å²) in [5.41, 5.74) is 2.40. The van der Waals surface area contributed by atoms with E-state index in [9.17, 15) is 4.79 Å². The maximum absolute atomic E-state index is 12.0. The highest BCUT2D eigenvalue weighted by Crippen LogP contribution is 2.29. The van der Waals surface area contributed by atoms with Crippen LogP contribution in [0.15, 0.2) is 47.8 Å². The van der Waals surface area contributed by atoms with E-state index in [1.54, 1.807) is 0 Å². The number of thiazole rings is 1. The maximum Gasteiger partial charge on any atom is 0.305 e. The van der Waals surface area contributed by atoms with Crippen molar-refractivity contribution in [3.05, 3.63) is 63.2 Å². The average Bonchev–Trinajstić information content (AvgIpc) is 3.04. The first-order valence-corrected chi connectivity index (χ1v) is 10.4. The molecule has 1 unspecified atom stereocenters. The second-order valence-corrected chi connectivity index (χ2v) is 7.87. The van der Waals surface area contributed by atoms with Crippen molar-refractivity contribution in [3.8, 4) is 0 Å². The van der Waals surface area contributed by atoms with Crippen LogP contribution in [0.4, 0.5) is 5.69 Å². The molecular formula is C21H29N3OS. The predicted octanol–water partition coefficient (Wildman–Crippen LogP) is 4.22. The summed E-state index contributed by atoms with van der Waals surface area (Å²) >= 11 is 1.36. The summed E-state index contributed by atoms with van der Waals surface area (Å²) in [5.74, 6) is 0. The minimum absolute atomic E-state index is 0.0567. The van der Waals surface area contributed by atoms with E-state index in [1.165, 1.54) is 29.9 Å². The standard InChI is InChI=1S/C21H29N3OS/c1-3-5-7-12-18-20(26-21(25)22-18)19(4-2)24-15-13-23(14-16-24)17-10-8-6-9-11-17/h4,6,8-11,19H,2-3,5,7,12-16H2,1H3,(H,22,25). The maximum atomic E-state index is 12.0. The molecule has 0 amide bonds. The second-order valence-electron chi connectivity index (χ2n) is 6.85. The van der Waals surface area contributed by atoms with Crippen molar-refractivity contribution < 1.29 is 0 Å². The molecule has 4 nitrogen and oxygen atoms in total. The van der Waals surface area contributed by atoms with Crippen molar-refractivity contribution in [1.29, 1.82) is 0 Å². The van der Waals surface area contributed by atoms with Gasteiger partial charge in [0.1, 0.15) is 0 Å². The van der Waals surface area contributed by atoms with Crippen LogP contribution in [-0.4, -0.2) is 36.1 Å². The molecule has 3 rings (SSSR count). The quantitative estimate of drug-likeness (QED) is 0.558. The predicted molar refractivity (Wildman–Crippen MR) is 111 cm³/mol. The van der Waals surface area contributed by atoms with E-state index in [1.807, 2.05) is 6.08 Å². The van der Waals surface area contributed by atoms with Gasteiger partial charge in [-0.25, -0.2) is 0 Å². The van der Waals surface area contributed by atoms with Crippen LogP contribution in [0.1, 0.15) is 42.8 Å². The molecule has 1 aliphatic rings. The first kappa shape index (κ1) is 18.9. The Morgan fingerprint density at radius 3 is 2.58 bits per heavy atom. The first-order valence-electron chi connectivity index (χ1n) is 9.61. The summed E-state index contributed by atoms with van der Waals surface area (Å²) < 4.78 is 0. The van der Waals surface area contributed by atoms with Gasteiger partial charge in [0.15, 0.2) is 0 Å². The smallest absolute Gasteiger partial charge is 0.305 e. The number of rotatable bonds is 8. The topological polar surface area (TPSA) is 39.3 Å². The molecule has 1 aromatic heterocycles. The molecule has 1 N–H and O–H groups in total. The van der Waals surface area contributed by atoms with Crippen LogP contribution >= 0.6 is 11.3 Å². The molecule has 1 saturated heterocycles. The van der Waals surface area contributed by atoms with Gasteiger partial charge in [0, 0.05) is 37.6 Å². The number of aryl methyl sites for hydroxylation is 1. The van der Waals surface area contributed by atoms with Gasteiger partial charge < -0.3 is 9.88 Å². The van der Waals surface area contributed by atoms with Crippen molar-refractivity contribution >= 4 is 17.0 Å². The van der Waals surface area contributed by atoms with Gasteiger partial charge in [-0.1, -0.05) is 55.4 Å². The number of nitrogens with one attached hydrogen (secondary N) is 1. The van der Waals surface area contributed by atoms with E-state index >= 15 is 0 Å². The van der Waals surface area contributed by atoms with Crippen LogP contribution in [0, 0.1) is 0 Å². The van der Waals surface area contributed by atoms with E-state index in [0.717, 1.165) is 49.6 Å². The highest BCUT2D eigenvalue weighted by atomic mass is 32.1. The van der Waals surface area contributed by atoms with E-state index in [4.69, 9.17) is 0 Å². The number of para-hydroxylation sites is 1. The third kappa shape index (κ3) is 4.46. The number of hydrogen-bond donors (Lipinski definition) is 1. The lowest BCUT2D eigenvalue weighted by atomic mass is 10.1. The van der Waals surface area contributed by atoms with Crippen molar-refractivity contribution in [1.82, 2.24) is 9.88 Å². The van der Waals surface area contributed by atoms with Gasteiger partial charge >= 0.3 is 4.87 Å². The highest BCUT2D eigenvalue weighted by molar-refractivity contribution is 7.09. The van der Waals surface area contributed by atoms with Gasteiger partial charge in [-0.2, -0.15) is 0 Å². The lowest BCUT2D eigenvalue weighted by Crippen LogP contribution is -2.47. The number of aromatic amines is 1. The molecule has 0 saturated carbocycles. The molecule has 0 radical (unpaired) electrons. The molecule has 26 heavy (non-hydrogen) atoms. The number of anilines is 1. The van der Waals surface area contributed by atoms with E-state index in [-0.39, 0.29) is 10.9 Å². The van der Waals surface area contributed by atoms with Gasteiger partial charge in [0.05, 0.1) is 10.9 Å². The molecule has 0 bridgehead atoms. The summed E-state index contributed by atoms with van der Waals surface area (Å²) in [5, 5.41) is 0. The molecule has 1 aliphatic heterocycles. The molecule has 140 valence electrons. The first-order chi connectivity index (χ1) is 12.7. The number of unbranched alkanes of at least 4 members (excludes halogenated alkanes) is 2. The van der Waals surface area contributed by atoms with Gasteiger partial charge in [-0.3, -0.25) is 9.69 Å². The number of H-pyrrole nitrogens is 1. The van der Waals surface area contributed by atoms with Crippen LogP contribution in [0.5, 0.6) is 0 Å². The Morgan fingerprint density at radius 1 is 1.19 bits per heavy atom. The normalized spacial score (nSPS) is 16.6. The minimum atomic E-state index is 0.0567. The summed E-state index contributed by atoms with van der Waals surface area (Å²) in [6.45, 7) is 10.2. The van der Waals surface area contributed by atoms with Crippen molar-refractivity contribution in [2.75, 3.05) is 31.1 Å². The SMILES string of the molecule is C=CC(c1sc(=O)[nH]c1CCCCC)N1CCN(c2ccccc2)CC1. The molecule has 1 atom stereocenters. The Balaban J connectivity index is 1.68. The summed E-state index contributed by atoms with van der Waals surface area (Å²) in [4.78, 5) is 21.2. The van der Waals surface area contributed by atoms with Crippen molar-refractivity contribution in [2.45, 2.75) is 38.6 Å². The molecule has 2 heterocycles.